The van der Waals surface area contributed by atoms with Crippen LogP contribution in [0.3, 0.4) is 0 Å². The van der Waals surface area contributed by atoms with Gasteiger partial charge in [-0.25, -0.2) is 0 Å². The number of nitrogens with zero attached hydrogens (tertiary/aromatic N) is 3. The lowest BCUT2D eigenvalue weighted by molar-refractivity contribution is -0.383. The average Bonchev–Trinajstić information content (AvgIpc) is 2.63. The van der Waals surface area contributed by atoms with Crippen molar-refractivity contribution in [1.82, 2.24) is 9.97 Å². The molecule has 1 aromatic heterocycles. The van der Waals surface area contributed by atoms with E-state index in [1.807, 2.05) is 0 Å². The number of benzene rings is 2. The van der Waals surface area contributed by atoms with Crippen molar-refractivity contribution in [2.45, 2.75) is 0 Å². The van der Waals surface area contributed by atoms with E-state index in [9.17, 15) is 10.1 Å². The van der Waals surface area contributed by atoms with Crippen LogP contribution in [0.4, 0.5) is 34.6 Å². The molecule has 10 heteroatoms. The molecule has 0 spiro atoms. The Morgan fingerprint density at radius 3 is 2.22 bits per heavy atom. The van der Waals surface area contributed by atoms with Gasteiger partial charge < -0.3 is 21.1 Å². The molecule has 0 saturated heterocycles. The maximum atomic E-state index is 11.4. The van der Waals surface area contributed by atoms with E-state index in [4.69, 9.17) is 22.1 Å². The number of nitrogens with two attached hydrogens (primary N) is 1. The predicted octanol–water partition coefficient (Wildman–Crippen LogP) is 4.12. The fraction of sp³-hybridized carbons (Fsp3) is 0.0588. The van der Waals surface area contributed by atoms with Crippen LogP contribution >= 0.6 is 11.6 Å². The Morgan fingerprint density at radius 2 is 1.63 bits per heavy atom. The van der Waals surface area contributed by atoms with Crippen molar-refractivity contribution >= 4 is 46.2 Å². The van der Waals surface area contributed by atoms with Crippen molar-refractivity contribution in [3.05, 3.63) is 63.7 Å². The lowest BCUT2D eigenvalue weighted by atomic mass is 10.3. The van der Waals surface area contributed by atoms with Gasteiger partial charge >= 0.3 is 5.69 Å². The molecule has 0 bridgehead atoms. The van der Waals surface area contributed by atoms with Gasteiger partial charge in [-0.1, -0.05) is 11.6 Å². The number of hydrogen-bond acceptors (Lipinski definition) is 8. The van der Waals surface area contributed by atoms with Gasteiger partial charge in [-0.05, 0) is 48.5 Å². The van der Waals surface area contributed by atoms with Gasteiger partial charge in [0.2, 0.25) is 17.6 Å². The second-order valence-corrected chi connectivity index (χ2v) is 5.81. The lowest BCUT2D eigenvalue weighted by Crippen LogP contribution is -2.08. The zero-order valence-electron chi connectivity index (χ0n) is 14.1. The molecule has 0 aliphatic heterocycles. The minimum atomic E-state index is -0.632. The number of nitrogen functional groups attached to an aromatic ring is 1. The molecule has 9 nitrogen and oxygen atoms in total. The minimum absolute atomic E-state index is 0.0332. The van der Waals surface area contributed by atoms with Gasteiger partial charge in [-0.15, -0.1) is 0 Å². The summed E-state index contributed by atoms with van der Waals surface area (Å²) in [5.74, 6) is 0.468. The summed E-state index contributed by atoms with van der Waals surface area (Å²) in [4.78, 5) is 18.9. The summed E-state index contributed by atoms with van der Waals surface area (Å²) in [6.45, 7) is 0. The Labute approximate surface area is 159 Å². The molecule has 0 saturated carbocycles. The molecular formula is C17H15ClN6O3. The first-order valence-electron chi connectivity index (χ1n) is 7.72. The fourth-order valence-electron chi connectivity index (χ4n) is 2.27. The van der Waals surface area contributed by atoms with E-state index in [0.717, 1.165) is 0 Å². The average molecular weight is 387 g/mol. The first kappa shape index (κ1) is 18.2. The number of rotatable bonds is 6. The van der Waals surface area contributed by atoms with Crippen molar-refractivity contribution < 1.29 is 9.66 Å². The second-order valence-electron chi connectivity index (χ2n) is 5.37. The summed E-state index contributed by atoms with van der Waals surface area (Å²) >= 11 is 5.86. The molecule has 0 fully saturated rings. The maximum absolute atomic E-state index is 11.4. The van der Waals surface area contributed by atoms with Crippen LogP contribution < -0.4 is 21.1 Å². The highest BCUT2D eigenvalue weighted by molar-refractivity contribution is 6.30. The molecule has 2 aromatic carbocycles. The minimum Gasteiger partial charge on any atom is -0.497 e. The van der Waals surface area contributed by atoms with Crippen molar-refractivity contribution in [2.24, 2.45) is 0 Å². The Kier molecular flexibility index (Phi) is 5.23. The van der Waals surface area contributed by atoms with Gasteiger partial charge in [0, 0.05) is 16.4 Å². The number of anilines is 5. The number of ether oxygens (including phenoxy) is 1. The van der Waals surface area contributed by atoms with E-state index < -0.39 is 10.6 Å². The van der Waals surface area contributed by atoms with E-state index in [0.29, 0.717) is 22.1 Å². The Balaban J connectivity index is 1.95. The molecule has 0 radical (unpaired) electrons. The van der Waals surface area contributed by atoms with Gasteiger partial charge in [-0.3, -0.25) is 10.1 Å². The highest BCUT2D eigenvalue weighted by Gasteiger charge is 2.23. The molecular weight excluding hydrogens is 372 g/mol. The Morgan fingerprint density at radius 1 is 1.04 bits per heavy atom. The van der Waals surface area contributed by atoms with Crippen molar-refractivity contribution in [3.63, 3.8) is 0 Å². The third kappa shape index (κ3) is 4.33. The number of nitro groups is 1. The number of nitrogens with one attached hydrogen (secondary N) is 2. The first-order valence-corrected chi connectivity index (χ1v) is 8.09. The van der Waals surface area contributed by atoms with Gasteiger partial charge in [0.1, 0.15) is 5.75 Å². The van der Waals surface area contributed by atoms with Crippen molar-refractivity contribution in [2.75, 3.05) is 23.5 Å². The van der Waals surface area contributed by atoms with Gasteiger partial charge in [0.05, 0.1) is 12.0 Å². The molecule has 138 valence electrons. The summed E-state index contributed by atoms with van der Waals surface area (Å²) in [6.07, 6.45) is 0. The van der Waals surface area contributed by atoms with E-state index in [1.165, 1.54) is 0 Å². The van der Waals surface area contributed by atoms with E-state index in [1.54, 1.807) is 55.6 Å². The van der Waals surface area contributed by atoms with Gasteiger partial charge in [0.15, 0.2) is 0 Å². The molecule has 1 heterocycles. The quantitative estimate of drug-likeness (QED) is 0.426. The Bertz CT molecular complexity index is 964. The van der Waals surface area contributed by atoms with Crippen LogP contribution in [0.2, 0.25) is 5.02 Å². The third-order valence-electron chi connectivity index (χ3n) is 3.55. The summed E-state index contributed by atoms with van der Waals surface area (Å²) in [5, 5.41) is 17.8. The highest BCUT2D eigenvalue weighted by atomic mass is 35.5. The van der Waals surface area contributed by atoms with Crippen LogP contribution in [0.5, 0.6) is 5.75 Å². The zero-order valence-corrected chi connectivity index (χ0v) is 14.9. The summed E-state index contributed by atoms with van der Waals surface area (Å²) in [7, 11) is 1.55. The van der Waals surface area contributed by atoms with Gasteiger partial charge in [0.25, 0.3) is 0 Å². The maximum Gasteiger partial charge on any atom is 0.353 e. The van der Waals surface area contributed by atoms with E-state index >= 15 is 0 Å². The topological polar surface area (TPSA) is 128 Å². The predicted molar refractivity (Wildman–Crippen MR) is 104 cm³/mol. The molecule has 0 unspecified atom stereocenters. The number of halogens is 1. The molecule has 3 rings (SSSR count). The number of methoxy groups -OCH3 is 1. The van der Waals surface area contributed by atoms with Crippen LogP contribution in [0.25, 0.3) is 0 Å². The molecule has 27 heavy (non-hydrogen) atoms. The summed E-state index contributed by atoms with van der Waals surface area (Å²) in [5.41, 5.74) is 6.61. The van der Waals surface area contributed by atoms with Crippen LogP contribution in [0.1, 0.15) is 0 Å². The molecule has 3 aromatic rings. The van der Waals surface area contributed by atoms with Crippen LogP contribution in [-0.2, 0) is 0 Å². The number of aromatic nitrogens is 2. The highest BCUT2D eigenvalue weighted by Crippen LogP contribution is 2.32. The SMILES string of the molecule is COc1ccc(Nc2nc(Nc3ccc(Cl)cc3)nc(N)c2[N+](=O)[O-])cc1. The zero-order chi connectivity index (χ0) is 19.4. The Hall–Kier alpha value is -3.59. The molecule has 4 N–H and O–H groups in total. The summed E-state index contributed by atoms with van der Waals surface area (Å²) in [6, 6.07) is 13.7. The lowest BCUT2D eigenvalue weighted by Gasteiger charge is -2.11. The van der Waals surface area contributed by atoms with E-state index in [2.05, 4.69) is 20.6 Å². The normalized spacial score (nSPS) is 10.3. The number of hydrogen-bond donors (Lipinski definition) is 3. The van der Waals surface area contributed by atoms with Crippen molar-refractivity contribution in [3.8, 4) is 5.75 Å². The largest absolute Gasteiger partial charge is 0.497 e. The van der Waals surface area contributed by atoms with Crippen molar-refractivity contribution in [1.29, 1.82) is 0 Å². The molecule has 0 aliphatic rings. The molecule has 0 aliphatic carbocycles. The van der Waals surface area contributed by atoms with Crippen LogP contribution in [0.15, 0.2) is 48.5 Å². The van der Waals surface area contributed by atoms with Crippen LogP contribution in [0, 0.1) is 10.1 Å². The van der Waals surface area contributed by atoms with Gasteiger partial charge in [-0.2, -0.15) is 9.97 Å². The second kappa shape index (κ2) is 7.75. The molecule has 0 amide bonds. The first-order chi connectivity index (χ1) is 13.0. The standard InChI is InChI=1S/C17H15ClN6O3/c1-27-13-8-6-11(7-9-13)20-16-14(24(25)26)15(19)22-17(23-16)21-12-4-2-10(18)3-5-12/h2-9H,1H3,(H4,19,20,21,22,23). The molecule has 0 atom stereocenters. The van der Waals surface area contributed by atoms with E-state index in [-0.39, 0.29) is 17.6 Å². The smallest absolute Gasteiger partial charge is 0.353 e. The monoisotopic (exact) mass is 386 g/mol. The fourth-order valence-corrected chi connectivity index (χ4v) is 2.39. The summed E-state index contributed by atoms with van der Waals surface area (Å²) < 4.78 is 5.09. The van der Waals surface area contributed by atoms with Crippen LogP contribution in [-0.4, -0.2) is 22.0 Å². The third-order valence-corrected chi connectivity index (χ3v) is 3.80.